The van der Waals surface area contributed by atoms with Gasteiger partial charge < -0.3 is 0 Å². The topological polar surface area (TPSA) is 0 Å². The molecule has 0 heterocycles. The van der Waals surface area contributed by atoms with Crippen LogP contribution in [-0.2, 0) is 17.4 Å². The zero-order valence-corrected chi connectivity index (χ0v) is 9.18. The molecule has 0 unspecified atom stereocenters. The molecular formula is C10H15Cr+. The second-order valence-corrected chi connectivity index (χ2v) is 3.12. The Morgan fingerprint density at radius 1 is 0.818 bits per heavy atom. The predicted molar refractivity (Wildman–Crippen MR) is 45.7 cm³/mol. The van der Waals surface area contributed by atoms with Crippen molar-refractivity contribution in [3.8, 4) is 0 Å². The minimum atomic E-state index is 0. The van der Waals surface area contributed by atoms with E-state index >= 15 is 0 Å². The summed E-state index contributed by atoms with van der Waals surface area (Å²) in [5.74, 6) is 0. The Kier molecular flexibility index (Phi) is 3.48. The third-order valence-electron chi connectivity index (χ3n) is 2.81. The third-order valence-corrected chi connectivity index (χ3v) is 2.81. The molecule has 1 aromatic rings. The van der Waals surface area contributed by atoms with Crippen LogP contribution in [0, 0.1) is 34.6 Å². The fourth-order valence-corrected chi connectivity index (χ4v) is 1.41. The Morgan fingerprint density at radius 3 is 1.18 bits per heavy atom. The molecule has 1 rings (SSSR count). The zero-order valence-electron chi connectivity index (χ0n) is 7.91. The maximum absolute atomic E-state index is 2.20. The van der Waals surface area contributed by atoms with Crippen molar-refractivity contribution in [3.63, 3.8) is 0 Å². The first kappa shape index (κ1) is 10.9. The summed E-state index contributed by atoms with van der Waals surface area (Å²) in [5.41, 5.74) is 7.34. The van der Waals surface area contributed by atoms with Crippen molar-refractivity contribution >= 4 is 0 Å². The van der Waals surface area contributed by atoms with Crippen molar-refractivity contribution in [2.75, 3.05) is 0 Å². The van der Waals surface area contributed by atoms with Gasteiger partial charge in [-0.2, -0.15) is 27.8 Å². The van der Waals surface area contributed by atoms with Gasteiger partial charge >= 0.3 is 17.4 Å². The van der Waals surface area contributed by atoms with Crippen molar-refractivity contribution in [1.82, 2.24) is 0 Å². The van der Waals surface area contributed by atoms with Gasteiger partial charge in [0.1, 0.15) is 0 Å². The van der Waals surface area contributed by atoms with Crippen LogP contribution in [0.15, 0.2) is 0 Å². The first-order valence-corrected chi connectivity index (χ1v) is 3.75. The normalized spacial score (nSPS) is 9.55. The number of hydrogen-bond acceptors (Lipinski definition) is 0. The summed E-state index contributed by atoms with van der Waals surface area (Å²) in [7, 11) is 0. The molecular weight excluding hydrogens is 172 g/mol. The summed E-state index contributed by atoms with van der Waals surface area (Å²) in [6, 6.07) is 0. The van der Waals surface area contributed by atoms with Gasteiger partial charge in [-0.05, 0) is 0 Å². The largest absolute Gasteiger partial charge is 2.00 e. The van der Waals surface area contributed by atoms with Gasteiger partial charge in [-0.3, -0.25) is 0 Å². The van der Waals surface area contributed by atoms with Crippen LogP contribution in [0.2, 0.25) is 0 Å². The summed E-state index contributed by atoms with van der Waals surface area (Å²) in [4.78, 5) is 0. The summed E-state index contributed by atoms with van der Waals surface area (Å²) in [6.45, 7) is 11.0. The summed E-state index contributed by atoms with van der Waals surface area (Å²) in [6.07, 6.45) is 0. The van der Waals surface area contributed by atoms with Crippen LogP contribution in [0.4, 0.5) is 0 Å². The van der Waals surface area contributed by atoms with E-state index in [2.05, 4.69) is 34.6 Å². The van der Waals surface area contributed by atoms with Crippen molar-refractivity contribution < 1.29 is 17.4 Å². The Bertz CT molecular complexity index is 176. The second-order valence-electron chi connectivity index (χ2n) is 3.12. The smallest absolute Gasteiger partial charge is 0.196 e. The average molecular weight is 187 g/mol. The molecule has 0 saturated heterocycles. The fraction of sp³-hybridized carbons (Fsp3) is 0.500. The number of hydrogen-bond donors (Lipinski definition) is 0. The van der Waals surface area contributed by atoms with Crippen molar-refractivity contribution in [2.24, 2.45) is 0 Å². The molecule has 0 atom stereocenters. The van der Waals surface area contributed by atoms with Crippen LogP contribution >= 0.6 is 0 Å². The van der Waals surface area contributed by atoms with Crippen LogP contribution in [0.3, 0.4) is 0 Å². The van der Waals surface area contributed by atoms with Crippen LogP contribution in [0.5, 0.6) is 0 Å². The Hall–Kier alpha value is -0.118. The quantitative estimate of drug-likeness (QED) is 0.548. The molecule has 60 valence electrons. The van der Waals surface area contributed by atoms with Crippen molar-refractivity contribution in [3.05, 3.63) is 27.8 Å². The van der Waals surface area contributed by atoms with Crippen LogP contribution in [-0.4, -0.2) is 0 Å². The molecule has 1 aromatic carbocycles. The third kappa shape index (κ3) is 1.55. The van der Waals surface area contributed by atoms with Crippen LogP contribution in [0.1, 0.15) is 27.8 Å². The van der Waals surface area contributed by atoms with E-state index in [1.54, 1.807) is 0 Å². The molecule has 0 aliphatic heterocycles. The van der Waals surface area contributed by atoms with E-state index in [1.165, 1.54) is 27.8 Å². The summed E-state index contributed by atoms with van der Waals surface area (Å²) >= 11 is 0. The van der Waals surface area contributed by atoms with Crippen molar-refractivity contribution in [1.29, 1.82) is 0 Å². The van der Waals surface area contributed by atoms with E-state index in [-0.39, 0.29) is 17.4 Å². The first-order valence-electron chi connectivity index (χ1n) is 3.75. The maximum Gasteiger partial charge on any atom is 2.00 e. The zero-order chi connectivity index (χ0) is 7.89. The van der Waals surface area contributed by atoms with Gasteiger partial charge in [0.05, 0.1) is 0 Å². The van der Waals surface area contributed by atoms with Gasteiger partial charge in [0, 0.05) is 0 Å². The van der Waals surface area contributed by atoms with E-state index in [4.69, 9.17) is 0 Å². The van der Waals surface area contributed by atoms with E-state index in [9.17, 15) is 0 Å². The Morgan fingerprint density at radius 2 is 1.09 bits per heavy atom. The Balaban J connectivity index is 0.000001000. The first-order chi connectivity index (χ1) is 4.55. The van der Waals surface area contributed by atoms with E-state index in [0.29, 0.717) is 0 Å². The minimum absolute atomic E-state index is 0. The molecule has 0 aliphatic rings. The standard InChI is InChI=1S/C10H15.Cr/c1-6-7(2)9(4)10(5)8(6)3;/h1-5H3;/q-1;+2. The SMILES string of the molecule is Cc1c(C)c(C)[c-](C)c1C.[Cr+2]. The molecule has 0 N–H and O–H groups in total. The summed E-state index contributed by atoms with van der Waals surface area (Å²) in [5, 5.41) is 0. The van der Waals surface area contributed by atoms with Gasteiger partial charge in [-0.25, -0.2) is 0 Å². The van der Waals surface area contributed by atoms with Gasteiger partial charge in [-0.15, -0.1) is 0 Å². The fourth-order valence-electron chi connectivity index (χ4n) is 1.41. The van der Waals surface area contributed by atoms with Gasteiger partial charge in [-0.1, -0.05) is 34.6 Å². The molecule has 1 heteroatoms. The van der Waals surface area contributed by atoms with Gasteiger partial charge in [0.2, 0.25) is 0 Å². The molecule has 0 fully saturated rings. The monoisotopic (exact) mass is 187 g/mol. The number of rotatable bonds is 0. The average Bonchev–Trinajstić information content (AvgIpc) is 2.07. The van der Waals surface area contributed by atoms with E-state index in [1.807, 2.05) is 0 Å². The van der Waals surface area contributed by atoms with Gasteiger partial charge in [0.15, 0.2) is 0 Å². The minimum Gasteiger partial charge on any atom is -0.196 e. The maximum atomic E-state index is 2.20. The van der Waals surface area contributed by atoms with Gasteiger partial charge in [0.25, 0.3) is 0 Å². The molecule has 0 amide bonds. The molecule has 0 bridgehead atoms. The second kappa shape index (κ2) is 3.52. The molecule has 0 spiro atoms. The molecule has 0 aromatic heterocycles. The molecule has 11 heavy (non-hydrogen) atoms. The molecule has 0 radical (unpaired) electrons. The van der Waals surface area contributed by atoms with Crippen LogP contribution in [0.25, 0.3) is 0 Å². The van der Waals surface area contributed by atoms with Crippen LogP contribution < -0.4 is 0 Å². The molecule has 0 saturated carbocycles. The van der Waals surface area contributed by atoms with E-state index < -0.39 is 0 Å². The molecule has 0 aliphatic carbocycles. The van der Waals surface area contributed by atoms with Crippen molar-refractivity contribution in [2.45, 2.75) is 34.6 Å². The van der Waals surface area contributed by atoms with E-state index in [0.717, 1.165) is 0 Å². The molecule has 0 nitrogen and oxygen atoms in total. The summed E-state index contributed by atoms with van der Waals surface area (Å²) < 4.78 is 0. The Labute approximate surface area is 80.1 Å². The predicted octanol–water partition coefficient (Wildman–Crippen LogP) is 2.95.